The molecular formula is C15H12. The van der Waals surface area contributed by atoms with Crippen LogP contribution in [0.3, 0.4) is 0 Å². The Labute approximate surface area is 89.9 Å². The molecule has 0 heterocycles. The highest BCUT2D eigenvalue weighted by molar-refractivity contribution is 5.65. The van der Waals surface area contributed by atoms with E-state index in [4.69, 9.17) is 0 Å². The predicted molar refractivity (Wildman–Crippen MR) is 63.8 cm³/mol. The van der Waals surface area contributed by atoms with Crippen LogP contribution in [-0.4, -0.2) is 0 Å². The second kappa shape index (κ2) is 3.39. The third kappa shape index (κ3) is 1.39. The molecule has 0 heteroatoms. The fourth-order valence-corrected chi connectivity index (χ4v) is 2.20. The Balaban J connectivity index is 2.09. The fraction of sp³-hybridized carbons (Fsp3) is 0.0667. The van der Waals surface area contributed by atoms with Gasteiger partial charge < -0.3 is 0 Å². The predicted octanol–water partition coefficient (Wildman–Crippen LogP) is 3.85. The van der Waals surface area contributed by atoms with Gasteiger partial charge in [0.2, 0.25) is 0 Å². The number of hydrogen-bond donors (Lipinski definition) is 0. The Kier molecular flexibility index (Phi) is 1.92. The molecule has 1 unspecified atom stereocenters. The molecule has 2 aromatic carbocycles. The molecule has 1 atom stereocenters. The maximum atomic E-state index is 2.28. The molecule has 1 aliphatic rings. The number of rotatable bonds is 1. The summed E-state index contributed by atoms with van der Waals surface area (Å²) in [5.74, 6) is 0.447. The van der Waals surface area contributed by atoms with Gasteiger partial charge in [0.15, 0.2) is 0 Å². The van der Waals surface area contributed by atoms with Crippen molar-refractivity contribution in [3.05, 3.63) is 77.4 Å². The summed E-state index contributed by atoms with van der Waals surface area (Å²) in [5, 5.41) is 0. The number of fused-ring (bicyclic) bond motifs is 1. The topological polar surface area (TPSA) is 0 Å². The molecule has 72 valence electrons. The smallest absolute Gasteiger partial charge is 0.0278 e. The molecule has 0 saturated heterocycles. The van der Waals surface area contributed by atoms with Gasteiger partial charge in [0.25, 0.3) is 0 Å². The fourth-order valence-electron chi connectivity index (χ4n) is 2.20. The van der Waals surface area contributed by atoms with Crippen LogP contribution in [0.4, 0.5) is 0 Å². The van der Waals surface area contributed by atoms with E-state index >= 15 is 0 Å². The van der Waals surface area contributed by atoms with Gasteiger partial charge in [-0.2, -0.15) is 0 Å². The van der Waals surface area contributed by atoms with Gasteiger partial charge in [-0.25, -0.2) is 0 Å². The van der Waals surface area contributed by atoms with Crippen molar-refractivity contribution in [2.75, 3.05) is 0 Å². The highest BCUT2D eigenvalue weighted by Gasteiger charge is 2.17. The summed E-state index contributed by atoms with van der Waals surface area (Å²) in [4.78, 5) is 0. The highest BCUT2D eigenvalue weighted by atomic mass is 14.2. The number of hydrogen-bond acceptors (Lipinski definition) is 0. The lowest BCUT2D eigenvalue weighted by atomic mass is 9.93. The molecule has 1 aliphatic carbocycles. The van der Waals surface area contributed by atoms with Crippen molar-refractivity contribution in [3.63, 3.8) is 0 Å². The average molecular weight is 192 g/mol. The third-order valence-electron chi connectivity index (χ3n) is 2.96. The van der Waals surface area contributed by atoms with Crippen LogP contribution in [0, 0.1) is 0 Å². The van der Waals surface area contributed by atoms with Crippen molar-refractivity contribution < 1.29 is 0 Å². The molecule has 0 spiro atoms. The van der Waals surface area contributed by atoms with Crippen molar-refractivity contribution in [2.45, 2.75) is 5.92 Å². The molecule has 0 amide bonds. The zero-order valence-corrected chi connectivity index (χ0v) is 8.43. The summed E-state index contributed by atoms with van der Waals surface area (Å²) in [7, 11) is 0. The van der Waals surface area contributed by atoms with Gasteiger partial charge in [0.05, 0.1) is 0 Å². The molecule has 0 nitrogen and oxygen atoms in total. The first-order valence-corrected chi connectivity index (χ1v) is 5.27. The Bertz CT molecular complexity index is 494. The van der Waals surface area contributed by atoms with Crippen molar-refractivity contribution in [3.8, 4) is 0 Å². The molecule has 0 aliphatic heterocycles. The normalized spacial score (nSPS) is 17.7. The minimum Gasteiger partial charge on any atom is -0.0720 e. The maximum Gasteiger partial charge on any atom is 0.0278 e. The minimum absolute atomic E-state index is 0.447. The SMILES string of the molecule is C1=CC(c2ccccc2)c2ccccc21. The van der Waals surface area contributed by atoms with Crippen LogP contribution in [0.1, 0.15) is 22.6 Å². The third-order valence-corrected chi connectivity index (χ3v) is 2.96. The van der Waals surface area contributed by atoms with Gasteiger partial charge in [-0.15, -0.1) is 0 Å². The van der Waals surface area contributed by atoms with E-state index in [2.05, 4.69) is 66.7 Å². The lowest BCUT2D eigenvalue weighted by Gasteiger charge is -2.10. The Morgan fingerprint density at radius 2 is 1.47 bits per heavy atom. The van der Waals surface area contributed by atoms with Gasteiger partial charge in [-0.3, -0.25) is 0 Å². The Morgan fingerprint density at radius 1 is 0.733 bits per heavy atom. The van der Waals surface area contributed by atoms with Crippen LogP contribution >= 0.6 is 0 Å². The minimum atomic E-state index is 0.447. The molecule has 2 aromatic rings. The van der Waals surface area contributed by atoms with Crippen LogP contribution in [-0.2, 0) is 0 Å². The first-order valence-electron chi connectivity index (χ1n) is 5.27. The first kappa shape index (κ1) is 8.49. The molecule has 0 N–H and O–H groups in total. The zero-order chi connectivity index (χ0) is 10.1. The highest BCUT2D eigenvalue weighted by Crippen LogP contribution is 2.34. The summed E-state index contributed by atoms with van der Waals surface area (Å²) in [6.07, 6.45) is 4.49. The molecule has 0 saturated carbocycles. The summed E-state index contributed by atoms with van der Waals surface area (Å²) in [6.45, 7) is 0. The van der Waals surface area contributed by atoms with Gasteiger partial charge >= 0.3 is 0 Å². The molecule has 0 bridgehead atoms. The van der Waals surface area contributed by atoms with E-state index in [9.17, 15) is 0 Å². The van der Waals surface area contributed by atoms with Crippen LogP contribution < -0.4 is 0 Å². The number of benzene rings is 2. The maximum absolute atomic E-state index is 2.28. The Morgan fingerprint density at radius 3 is 2.33 bits per heavy atom. The molecule has 0 aromatic heterocycles. The summed E-state index contributed by atoms with van der Waals surface area (Å²) in [6, 6.07) is 19.2. The Hall–Kier alpha value is -1.82. The van der Waals surface area contributed by atoms with E-state index in [-0.39, 0.29) is 0 Å². The quantitative estimate of drug-likeness (QED) is 0.644. The van der Waals surface area contributed by atoms with E-state index in [0.717, 1.165) is 0 Å². The number of allylic oxidation sites excluding steroid dienone is 1. The lowest BCUT2D eigenvalue weighted by Crippen LogP contribution is -1.94. The van der Waals surface area contributed by atoms with Gasteiger partial charge in [0.1, 0.15) is 0 Å². The van der Waals surface area contributed by atoms with Crippen molar-refractivity contribution in [2.24, 2.45) is 0 Å². The molecule has 3 rings (SSSR count). The first-order chi connectivity index (χ1) is 7.45. The molecule has 15 heavy (non-hydrogen) atoms. The van der Waals surface area contributed by atoms with E-state index in [1.54, 1.807) is 0 Å². The average Bonchev–Trinajstić information content (AvgIpc) is 2.74. The van der Waals surface area contributed by atoms with Crippen molar-refractivity contribution in [1.29, 1.82) is 0 Å². The van der Waals surface area contributed by atoms with E-state index in [1.807, 2.05) is 0 Å². The van der Waals surface area contributed by atoms with E-state index < -0.39 is 0 Å². The van der Waals surface area contributed by atoms with E-state index in [0.29, 0.717) is 5.92 Å². The second-order valence-corrected chi connectivity index (χ2v) is 3.88. The monoisotopic (exact) mass is 192 g/mol. The standard InChI is InChI=1S/C15H12/c1-2-6-12(7-3-1)15-11-10-13-8-4-5-9-14(13)15/h1-11,15H. The van der Waals surface area contributed by atoms with Crippen LogP contribution in [0.15, 0.2) is 60.7 Å². The van der Waals surface area contributed by atoms with Gasteiger partial charge in [-0.05, 0) is 16.7 Å². The van der Waals surface area contributed by atoms with Crippen LogP contribution in [0.5, 0.6) is 0 Å². The molecule has 0 fully saturated rings. The summed E-state index contributed by atoms with van der Waals surface area (Å²) < 4.78 is 0. The zero-order valence-electron chi connectivity index (χ0n) is 8.43. The molecular weight excluding hydrogens is 180 g/mol. The summed E-state index contributed by atoms with van der Waals surface area (Å²) >= 11 is 0. The van der Waals surface area contributed by atoms with Crippen LogP contribution in [0.2, 0.25) is 0 Å². The van der Waals surface area contributed by atoms with Crippen LogP contribution in [0.25, 0.3) is 6.08 Å². The second-order valence-electron chi connectivity index (χ2n) is 3.88. The van der Waals surface area contributed by atoms with Crippen molar-refractivity contribution in [1.82, 2.24) is 0 Å². The largest absolute Gasteiger partial charge is 0.0720 e. The van der Waals surface area contributed by atoms with E-state index in [1.165, 1.54) is 16.7 Å². The lowest BCUT2D eigenvalue weighted by molar-refractivity contribution is 1.05. The van der Waals surface area contributed by atoms with Crippen molar-refractivity contribution >= 4 is 6.08 Å². The van der Waals surface area contributed by atoms with Gasteiger partial charge in [-0.1, -0.05) is 66.7 Å². The van der Waals surface area contributed by atoms with Gasteiger partial charge in [0, 0.05) is 5.92 Å². The molecule has 0 radical (unpaired) electrons. The summed E-state index contributed by atoms with van der Waals surface area (Å²) in [5.41, 5.74) is 4.15.